The van der Waals surface area contributed by atoms with Crippen molar-refractivity contribution in [3.05, 3.63) is 83.2 Å². The van der Waals surface area contributed by atoms with Gasteiger partial charge < -0.3 is 5.32 Å². The topological polar surface area (TPSA) is 29.1 Å². The van der Waals surface area contributed by atoms with Crippen LogP contribution in [0.1, 0.15) is 43.9 Å². The first kappa shape index (κ1) is 17.2. The molecule has 2 aliphatic rings. The fourth-order valence-corrected chi connectivity index (χ4v) is 4.77. The molecule has 3 heteroatoms. The number of carbonyl (C=O) groups excluding carboxylic acids is 1. The Labute approximate surface area is 164 Å². The molecule has 0 fully saturated rings. The Hall–Kier alpha value is -2.94. The Morgan fingerprint density at radius 3 is 2.64 bits per heavy atom. The van der Waals surface area contributed by atoms with Crippen molar-refractivity contribution in [2.45, 2.75) is 32.7 Å². The van der Waals surface area contributed by atoms with Crippen molar-refractivity contribution < 1.29 is 9.18 Å². The summed E-state index contributed by atoms with van der Waals surface area (Å²) in [6.07, 6.45) is 1.35. The highest BCUT2D eigenvalue weighted by molar-refractivity contribution is 6.12. The van der Waals surface area contributed by atoms with Gasteiger partial charge in [0.25, 0.3) is 0 Å². The molecule has 5 rings (SSSR count). The summed E-state index contributed by atoms with van der Waals surface area (Å²) in [6, 6.07) is 18.7. The van der Waals surface area contributed by atoms with Gasteiger partial charge in [0.2, 0.25) is 0 Å². The molecule has 1 aliphatic heterocycles. The molecule has 0 aromatic heterocycles. The standard InChI is InChI=1S/C25H22FNO/c1-25(2)13-19-22-18-9-4-3-6-15(18)10-11-20(22)27-24(23(19)21(28)14-25)16-7-5-8-17(26)12-16/h3-12,24,27H,13-14H2,1-2H3/t24-/m0/s1. The molecule has 0 saturated heterocycles. The molecule has 3 aromatic rings. The zero-order chi connectivity index (χ0) is 19.5. The minimum absolute atomic E-state index is 0.0893. The molecule has 0 amide bonds. The van der Waals surface area contributed by atoms with Crippen LogP contribution < -0.4 is 5.32 Å². The van der Waals surface area contributed by atoms with Gasteiger partial charge in [-0.05, 0) is 51.9 Å². The largest absolute Gasteiger partial charge is 0.373 e. The summed E-state index contributed by atoms with van der Waals surface area (Å²) in [5, 5.41) is 5.86. The average molecular weight is 371 g/mol. The highest BCUT2D eigenvalue weighted by Crippen LogP contribution is 2.51. The number of nitrogens with one attached hydrogen (secondary N) is 1. The van der Waals surface area contributed by atoms with E-state index in [0.29, 0.717) is 6.42 Å². The van der Waals surface area contributed by atoms with E-state index in [2.05, 4.69) is 43.4 Å². The summed E-state index contributed by atoms with van der Waals surface area (Å²) in [7, 11) is 0. The number of carbonyl (C=O) groups is 1. The van der Waals surface area contributed by atoms with Crippen molar-refractivity contribution in [1.29, 1.82) is 0 Å². The third-order valence-electron chi connectivity index (χ3n) is 5.92. The van der Waals surface area contributed by atoms with E-state index in [1.54, 1.807) is 6.07 Å². The van der Waals surface area contributed by atoms with Crippen LogP contribution in [-0.2, 0) is 4.79 Å². The summed E-state index contributed by atoms with van der Waals surface area (Å²) in [4.78, 5) is 13.3. The van der Waals surface area contributed by atoms with Crippen LogP contribution in [0.3, 0.4) is 0 Å². The van der Waals surface area contributed by atoms with Crippen LogP contribution in [0.5, 0.6) is 0 Å². The van der Waals surface area contributed by atoms with Gasteiger partial charge in [0.05, 0.1) is 6.04 Å². The summed E-state index contributed by atoms with van der Waals surface area (Å²) < 4.78 is 13.9. The van der Waals surface area contributed by atoms with Crippen LogP contribution >= 0.6 is 0 Å². The van der Waals surface area contributed by atoms with Gasteiger partial charge in [0.1, 0.15) is 5.82 Å². The fourth-order valence-electron chi connectivity index (χ4n) is 4.77. The van der Waals surface area contributed by atoms with E-state index >= 15 is 0 Å². The number of ketones is 1. The number of hydrogen-bond donors (Lipinski definition) is 1. The van der Waals surface area contributed by atoms with Crippen LogP contribution in [0, 0.1) is 11.2 Å². The molecule has 1 aliphatic carbocycles. The molecule has 1 atom stereocenters. The molecule has 0 radical (unpaired) electrons. The first-order chi connectivity index (χ1) is 13.4. The molecule has 0 spiro atoms. The van der Waals surface area contributed by atoms with Gasteiger partial charge in [-0.25, -0.2) is 4.39 Å². The van der Waals surface area contributed by atoms with Gasteiger partial charge in [0, 0.05) is 23.2 Å². The summed E-state index contributed by atoms with van der Waals surface area (Å²) in [5.74, 6) is -0.124. The quantitative estimate of drug-likeness (QED) is 0.545. The molecular formula is C25H22FNO. The molecule has 1 heterocycles. The Bertz CT molecular complexity index is 1160. The van der Waals surface area contributed by atoms with E-state index in [1.807, 2.05) is 18.2 Å². The second-order valence-electron chi connectivity index (χ2n) is 8.67. The van der Waals surface area contributed by atoms with Crippen molar-refractivity contribution in [2.24, 2.45) is 5.41 Å². The lowest BCUT2D eigenvalue weighted by molar-refractivity contribution is -0.118. The minimum Gasteiger partial charge on any atom is -0.373 e. The highest BCUT2D eigenvalue weighted by Gasteiger charge is 2.40. The van der Waals surface area contributed by atoms with Crippen molar-refractivity contribution in [1.82, 2.24) is 0 Å². The smallest absolute Gasteiger partial charge is 0.162 e. The first-order valence-corrected chi connectivity index (χ1v) is 9.73. The number of anilines is 1. The van der Waals surface area contributed by atoms with Crippen molar-refractivity contribution in [3.63, 3.8) is 0 Å². The number of rotatable bonds is 1. The van der Waals surface area contributed by atoms with Crippen molar-refractivity contribution in [2.75, 3.05) is 5.32 Å². The van der Waals surface area contributed by atoms with E-state index in [-0.39, 0.29) is 23.1 Å². The maximum absolute atomic E-state index is 13.9. The molecule has 28 heavy (non-hydrogen) atoms. The number of benzene rings is 3. The first-order valence-electron chi connectivity index (χ1n) is 9.73. The second-order valence-corrected chi connectivity index (χ2v) is 8.67. The van der Waals surface area contributed by atoms with E-state index < -0.39 is 0 Å². The number of halogens is 1. The lowest BCUT2D eigenvalue weighted by Crippen LogP contribution is -2.33. The van der Waals surface area contributed by atoms with Crippen molar-refractivity contribution in [3.8, 4) is 0 Å². The predicted octanol–water partition coefficient (Wildman–Crippen LogP) is 6.29. The zero-order valence-corrected chi connectivity index (χ0v) is 16.1. The van der Waals surface area contributed by atoms with Gasteiger partial charge in [0.15, 0.2) is 5.78 Å². The van der Waals surface area contributed by atoms with Crippen LogP contribution in [0.15, 0.2) is 66.2 Å². The lowest BCUT2D eigenvalue weighted by Gasteiger charge is -2.40. The molecule has 1 N–H and O–H groups in total. The van der Waals surface area contributed by atoms with E-state index in [9.17, 15) is 9.18 Å². The van der Waals surface area contributed by atoms with Gasteiger partial charge >= 0.3 is 0 Å². The molecule has 2 nitrogen and oxygen atoms in total. The van der Waals surface area contributed by atoms with Crippen molar-refractivity contribution >= 4 is 27.8 Å². The van der Waals surface area contributed by atoms with Gasteiger partial charge in [-0.2, -0.15) is 0 Å². The Morgan fingerprint density at radius 1 is 1.00 bits per heavy atom. The van der Waals surface area contributed by atoms with Gasteiger partial charge in [-0.15, -0.1) is 0 Å². The third-order valence-corrected chi connectivity index (χ3v) is 5.92. The molecule has 140 valence electrons. The van der Waals surface area contributed by atoms with Crippen LogP contribution in [0.2, 0.25) is 0 Å². The second kappa shape index (κ2) is 6.03. The van der Waals surface area contributed by atoms with Crippen LogP contribution in [-0.4, -0.2) is 5.78 Å². The Balaban J connectivity index is 1.81. The third kappa shape index (κ3) is 2.65. The normalized spacial score (nSPS) is 20.5. The van der Waals surface area contributed by atoms with Crippen LogP contribution in [0.4, 0.5) is 10.1 Å². The Morgan fingerprint density at radius 2 is 1.82 bits per heavy atom. The summed E-state index contributed by atoms with van der Waals surface area (Å²) in [6.45, 7) is 4.30. The minimum atomic E-state index is -0.317. The molecule has 0 unspecified atom stereocenters. The maximum Gasteiger partial charge on any atom is 0.162 e. The number of Topliss-reactive ketones (excluding diaryl/α,β-unsaturated/α-hetero) is 1. The number of fused-ring (bicyclic) bond motifs is 4. The highest BCUT2D eigenvalue weighted by atomic mass is 19.1. The van der Waals surface area contributed by atoms with E-state index in [1.165, 1.54) is 12.1 Å². The van der Waals surface area contributed by atoms with Crippen LogP contribution in [0.25, 0.3) is 16.3 Å². The molecular weight excluding hydrogens is 349 g/mol. The number of hydrogen-bond acceptors (Lipinski definition) is 2. The van der Waals surface area contributed by atoms with E-state index in [0.717, 1.165) is 45.2 Å². The average Bonchev–Trinajstić information content (AvgIpc) is 2.66. The summed E-state index contributed by atoms with van der Waals surface area (Å²) >= 11 is 0. The molecule has 0 saturated carbocycles. The zero-order valence-electron chi connectivity index (χ0n) is 16.1. The maximum atomic E-state index is 13.9. The Kier molecular flexibility index (Phi) is 3.70. The molecule has 0 bridgehead atoms. The van der Waals surface area contributed by atoms with Gasteiger partial charge in [-0.1, -0.05) is 56.3 Å². The predicted molar refractivity (Wildman–Crippen MR) is 112 cm³/mol. The SMILES string of the molecule is CC1(C)CC(=O)C2=C(C1)c1c(ccc3ccccc13)N[C@H]2c1cccc(F)c1. The number of allylic oxidation sites excluding steroid dienone is 1. The monoisotopic (exact) mass is 371 g/mol. The summed E-state index contributed by atoms with van der Waals surface area (Å²) in [5.41, 5.74) is 4.75. The lowest BCUT2D eigenvalue weighted by atomic mass is 9.68. The van der Waals surface area contributed by atoms with E-state index in [4.69, 9.17) is 0 Å². The fraction of sp³-hybridized carbons (Fsp3) is 0.240. The van der Waals surface area contributed by atoms with Gasteiger partial charge in [-0.3, -0.25) is 4.79 Å². The molecule has 3 aromatic carbocycles.